The van der Waals surface area contributed by atoms with Crippen LogP contribution in [0.15, 0.2) is 12.2 Å². The van der Waals surface area contributed by atoms with Gasteiger partial charge in [-0.05, 0) is 32.1 Å². The number of nitrogens with two attached hydrogens (primary N) is 2. The first kappa shape index (κ1) is 61.8. The number of rotatable bonds is 27. The molecule has 0 rings (SSSR count). The van der Waals surface area contributed by atoms with Gasteiger partial charge in [-0.25, -0.2) is 25.3 Å². The molecule has 0 bridgehead atoms. The van der Waals surface area contributed by atoms with Gasteiger partial charge in [0.1, 0.15) is 0 Å². The topological polar surface area (TPSA) is 262 Å². The van der Waals surface area contributed by atoms with E-state index in [2.05, 4.69) is 40.8 Å². The normalized spacial score (nSPS) is 12.5. The van der Waals surface area contributed by atoms with Crippen molar-refractivity contribution < 1.29 is 99.6 Å². The summed E-state index contributed by atoms with van der Waals surface area (Å²) >= 11 is 0. The van der Waals surface area contributed by atoms with Crippen LogP contribution < -0.4 is 21.7 Å². The second-order valence-corrected chi connectivity index (χ2v) is 16.5. The number of halogens is 9. The monoisotopic (exact) mass is 916 g/mol. The third kappa shape index (κ3) is 46.7. The molecule has 346 valence electrons. The molecule has 0 aromatic heterocycles. The number of carbonyl (C=O) groups is 1. The van der Waals surface area contributed by atoms with E-state index < -0.39 is 46.9 Å². The fourth-order valence-corrected chi connectivity index (χ4v) is 4.07. The molecular weight excluding hydrogens is 856 g/mol. The summed E-state index contributed by atoms with van der Waals surface area (Å²) in [6.45, 7) is 8.98. The average molecular weight is 917 g/mol. The van der Waals surface area contributed by atoms with Crippen molar-refractivity contribution in [1.29, 1.82) is 0 Å². The molecule has 8 N–H and O–H groups in total. The molecule has 0 unspecified atom stereocenters. The van der Waals surface area contributed by atoms with Crippen LogP contribution in [0.25, 0.3) is 0 Å². The molecule has 0 aliphatic carbocycles. The van der Waals surface area contributed by atoms with Gasteiger partial charge < -0.3 is 35.3 Å². The van der Waals surface area contributed by atoms with Crippen LogP contribution >= 0.6 is 0 Å². The van der Waals surface area contributed by atoms with Gasteiger partial charge >= 0.3 is 16.5 Å². The predicted molar refractivity (Wildman–Crippen MR) is 189 cm³/mol. The molecule has 0 fully saturated rings. The van der Waals surface area contributed by atoms with Crippen molar-refractivity contribution in [2.75, 3.05) is 39.3 Å². The largest absolute Gasteiger partial charge is 0.741 e. The number of nitrogens with one attached hydrogen (secondary N) is 1. The zero-order valence-electron chi connectivity index (χ0n) is 32.2. The number of unbranched alkanes of at least 4 members (excludes halogenated alkanes) is 12. The van der Waals surface area contributed by atoms with Crippen molar-refractivity contribution in [2.24, 2.45) is 0 Å². The first-order valence-corrected chi connectivity index (χ1v) is 22.7. The van der Waals surface area contributed by atoms with Gasteiger partial charge in [-0.3, -0.25) is 4.79 Å². The van der Waals surface area contributed by atoms with Gasteiger partial charge in [0, 0.05) is 38.6 Å². The van der Waals surface area contributed by atoms with E-state index in [1.54, 1.807) is 0 Å². The summed E-state index contributed by atoms with van der Waals surface area (Å²) in [5.41, 5.74) is -13.1. The van der Waals surface area contributed by atoms with Crippen molar-refractivity contribution in [2.45, 2.75) is 139 Å². The summed E-state index contributed by atoms with van der Waals surface area (Å²) in [4.78, 5) is 11.9. The molecule has 57 heavy (non-hydrogen) atoms. The molecule has 0 aromatic carbocycles. The molecule has 0 heterocycles. The van der Waals surface area contributed by atoms with Gasteiger partial charge in [0.2, 0.25) is 5.91 Å². The fraction of sp³-hybridized carbons (Fsp3) is 0.903. The van der Waals surface area contributed by atoms with Crippen molar-refractivity contribution in [3.8, 4) is 0 Å². The Morgan fingerprint density at radius 3 is 1.21 bits per heavy atom. The summed E-state index contributed by atoms with van der Waals surface area (Å²) in [7, 11) is -18.3. The van der Waals surface area contributed by atoms with Crippen LogP contribution in [0.2, 0.25) is 0 Å². The maximum atomic E-state index is 11.9. The Hall–Kier alpha value is -1.81. The Bertz CT molecular complexity index is 1230. The molecule has 1 amide bonds. The van der Waals surface area contributed by atoms with Gasteiger partial charge in [-0.1, -0.05) is 70.4 Å². The van der Waals surface area contributed by atoms with E-state index in [0.29, 0.717) is 6.42 Å². The summed E-state index contributed by atoms with van der Waals surface area (Å²) in [6, 6.07) is 0. The van der Waals surface area contributed by atoms with Crippen LogP contribution in [0.3, 0.4) is 0 Å². The van der Waals surface area contributed by atoms with Crippen LogP contribution in [-0.2, 0) is 35.1 Å². The SMILES string of the molecule is CCCCCCCC/C=C\CCCCCCCC(=O)NCCC[NH2+]CCCC[NH2+]CCC[NH3+].O=S(=O)([O-])C(F)(F)F.O=S(=O)([O-])C(F)(F)F.O=S(=O)([O-])C(F)(F)F. The molecular formula is C31H61F9N4O10S3. The Labute approximate surface area is 331 Å². The molecule has 14 nitrogen and oxygen atoms in total. The van der Waals surface area contributed by atoms with Crippen LogP contribution in [0.4, 0.5) is 39.5 Å². The summed E-state index contributed by atoms with van der Waals surface area (Å²) in [6.07, 6.45) is 27.3. The predicted octanol–water partition coefficient (Wildman–Crippen LogP) is 3.22. The second-order valence-electron chi connectivity index (χ2n) is 12.4. The van der Waals surface area contributed by atoms with E-state index in [9.17, 15) is 44.3 Å². The lowest BCUT2D eigenvalue weighted by Crippen LogP contribution is -2.86. The molecule has 26 heteroatoms. The molecule has 0 aliphatic heterocycles. The van der Waals surface area contributed by atoms with Crippen LogP contribution in [0.5, 0.6) is 0 Å². The quantitative estimate of drug-likeness (QED) is 0.0308. The van der Waals surface area contributed by atoms with Gasteiger partial charge in [0.15, 0.2) is 30.4 Å². The molecule has 0 saturated heterocycles. The van der Waals surface area contributed by atoms with Gasteiger partial charge in [-0.15, -0.1) is 0 Å². The Balaban J connectivity index is -0.000000467. The van der Waals surface area contributed by atoms with Crippen molar-refractivity contribution in [1.82, 2.24) is 5.32 Å². The smallest absolute Gasteiger partial charge is 0.485 e. The lowest BCUT2D eigenvalue weighted by atomic mass is 10.1. The third-order valence-electron chi connectivity index (χ3n) is 7.15. The summed E-state index contributed by atoms with van der Waals surface area (Å²) in [5.74, 6) is 0.241. The van der Waals surface area contributed by atoms with E-state index in [-0.39, 0.29) is 5.91 Å². The average Bonchev–Trinajstić information content (AvgIpc) is 3.05. The molecule has 0 spiro atoms. The van der Waals surface area contributed by atoms with Crippen LogP contribution in [0, 0.1) is 0 Å². The zero-order chi connectivity index (χ0) is 45.1. The van der Waals surface area contributed by atoms with Crippen molar-refractivity contribution >= 4 is 36.3 Å². The third-order valence-corrected chi connectivity index (χ3v) is 8.85. The highest BCUT2D eigenvalue weighted by Crippen LogP contribution is 2.21. The van der Waals surface area contributed by atoms with E-state index >= 15 is 0 Å². The number of allylic oxidation sites excluding steroid dienone is 2. The fourth-order valence-electron chi connectivity index (χ4n) is 4.07. The van der Waals surface area contributed by atoms with E-state index in [1.807, 2.05) is 0 Å². The first-order valence-electron chi connectivity index (χ1n) is 18.5. The highest BCUT2D eigenvalue weighted by Gasteiger charge is 2.38. The number of hydrogen-bond acceptors (Lipinski definition) is 10. The van der Waals surface area contributed by atoms with Gasteiger partial charge in [0.05, 0.1) is 32.7 Å². The summed E-state index contributed by atoms with van der Waals surface area (Å²) in [5, 5.41) is 7.89. The highest BCUT2D eigenvalue weighted by molar-refractivity contribution is 7.87. The number of quaternary nitrogens is 3. The maximum Gasteiger partial charge on any atom is 0.485 e. The Kier molecular flexibility index (Phi) is 38.0. The van der Waals surface area contributed by atoms with E-state index in [4.69, 9.17) is 38.9 Å². The standard InChI is InChI=1S/C28H58N4O.3CHF3O3S/c1-2-3-4-5-6-7-8-9-10-11-12-13-14-15-16-21-28(33)32-27-20-26-31-24-18-17-23-30-25-19-22-29;3*2-1(3,4)8(5,6)7/h9-10,30-31H,2-8,11-27,29H2,1H3,(H,32,33);3*(H,5,6,7)/b10-9-;;;. The molecule has 0 atom stereocenters. The Morgan fingerprint density at radius 2 is 0.860 bits per heavy atom. The van der Waals surface area contributed by atoms with Gasteiger partial charge in [-0.2, -0.15) is 39.5 Å². The number of alkyl halides is 9. The van der Waals surface area contributed by atoms with Crippen molar-refractivity contribution in [3.63, 3.8) is 0 Å². The minimum Gasteiger partial charge on any atom is -0.741 e. The van der Waals surface area contributed by atoms with Gasteiger partial charge in [0.25, 0.3) is 0 Å². The second kappa shape index (κ2) is 35.0. The van der Waals surface area contributed by atoms with E-state index in [1.165, 1.54) is 116 Å². The zero-order valence-corrected chi connectivity index (χ0v) is 34.6. The lowest BCUT2D eigenvalue weighted by molar-refractivity contribution is -0.665. The lowest BCUT2D eigenvalue weighted by Gasteiger charge is -2.08. The number of carbonyl (C=O) groups excluding carboxylic acids is 1. The molecule has 0 aromatic rings. The first-order chi connectivity index (χ1) is 26.1. The Morgan fingerprint density at radius 1 is 0.544 bits per heavy atom. The summed E-state index contributed by atoms with van der Waals surface area (Å²) < 4.78 is 177. The molecule has 0 aliphatic rings. The molecule has 0 radical (unpaired) electrons. The van der Waals surface area contributed by atoms with Crippen molar-refractivity contribution in [3.05, 3.63) is 12.2 Å². The van der Waals surface area contributed by atoms with E-state index in [0.717, 1.165) is 32.5 Å². The minimum atomic E-state index is -6.09. The minimum absolute atomic E-state index is 0.241. The highest BCUT2D eigenvalue weighted by atomic mass is 32.2. The van der Waals surface area contributed by atoms with Crippen LogP contribution in [0.1, 0.15) is 122 Å². The number of hydrogen-bond donors (Lipinski definition) is 4. The van der Waals surface area contributed by atoms with Crippen LogP contribution in [-0.4, -0.2) is 101 Å². The molecule has 0 saturated carbocycles. The maximum absolute atomic E-state index is 11.9. The number of amides is 1.